The molecule has 1 atom stereocenters. The Morgan fingerprint density at radius 1 is 1.53 bits per heavy atom. The second-order valence-corrected chi connectivity index (χ2v) is 6.20. The molecule has 1 aliphatic heterocycles. The summed E-state index contributed by atoms with van der Waals surface area (Å²) in [5.74, 6) is -0.184. The van der Waals surface area contributed by atoms with Crippen molar-refractivity contribution in [3.8, 4) is 0 Å². The Balaban J connectivity index is 1.74. The molecule has 3 rings (SSSR count). The van der Waals surface area contributed by atoms with Crippen LogP contribution in [0.2, 0.25) is 0 Å². The van der Waals surface area contributed by atoms with Gasteiger partial charge in [-0.3, -0.25) is 4.90 Å². The first-order valence-electron chi connectivity index (χ1n) is 6.69. The van der Waals surface area contributed by atoms with E-state index in [0.29, 0.717) is 6.04 Å². The number of benzene rings is 1. The quantitative estimate of drug-likeness (QED) is 0.936. The van der Waals surface area contributed by atoms with Gasteiger partial charge in [0.15, 0.2) is 0 Å². The number of halogens is 1. The molecular formula is C14H18FN3S. The Hall–Kier alpha value is -1.04. The lowest BCUT2D eigenvalue weighted by atomic mass is 10.1. The van der Waals surface area contributed by atoms with Gasteiger partial charge in [-0.1, -0.05) is 0 Å². The number of nitrogens with one attached hydrogen (secondary N) is 1. The Labute approximate surface area is 116 Å². The lowest BCUT2D eigenvalue weighted by Gasteiger charge is -2.31. The molecule has 0 saturated carbocycles. The minimum absolute atomic E-state index is 0.184. The summed E-state index contributed by atoms with van der Waals surface area (Å²) in [7, 11) is 2.02. The summed E-state index contributed by atoms with van der Waals surface area (Å²) in [4.78, 5) is 7.02. The summed E-state index contributed by atoms with van der Waals surface area (Å²) in [6.45, 7) is 3.07. The minimum atomic E-state index is -0.184. The van der Waals surface area contributed by atoms with Crippen LogP contribution >= 0.6 is 11.3 Å². The number of thiazole rings is 1. The highest BCUT2D eigenvalue weighted by Crippen LogP contribution is 2.24. The van der Waals surface area contributed by atoms with Crippen LogP contribution in [0.4, 0.5) is 4.39 Å². The van der Waals surface area contributed by atoms with Gasteiger partial charge < -0.3 is 5.32 Å². The first-order valence-corrected chi connectivity index (χ1v) is 7.51. The van der Waals surface area contributed by atoms with Crippen LogP contribution in [0.15, 0.2) is 18.2 Å². The lowest BCUT2D eigenvalue weighted by molar-refractivity contribution is 0.188. The number of fused-ring (bicyclic) bond motifs is 1. The maximum Gasteiger partial charge on any atom is 0.124 e. The zero-order chi connectivity index (χ0) is 13.2. The van der Waals surface area contributed by atoms with Crippen molar-refractivity contribution in [3.63, 3.8) is 0 Å². The van der Waals surface area contributed by atoms with E-state index in [9.17, 15) is 4.39 Å². The molecular weight excluding hydrogens is 261 g/mol. The van der Waals surface area contributed by atoms with E-state index in [1.807, 2.05) is 7.05 Å². The van der Waals surface area contributed by atoms with Crippen molar-refractivity contribution in [1.29, 1.82) is 0 Å². The fraction of sp³-hybridized carbons (Fsp3) is 0.500. The molecule has 0 aliphatic carbocycles. The van der Waals surface area contributed by atoms with E-state index in [1.54, 1.807) is 23.5 Å². The number of nitrogens with zero attached hydrogens (tertiary/aromatic N) is 2. The Morgan fingerprint density at radius 3 is 3.26 bits per heavy atom. The van der Waals surface area contributed by atoms with Gasteiger partial charge in [0.05, 0.1) is 16.8 Å². The van der Waals surface area contributed by atoms with E-state index in [0.717, 1.165) is 34.9 Å². The molecule has 1 aromatic heterocycles. The topological polar surface area (TPSA) is 28.2 Å². The van der Waals surface area contributed by atoms with Gasteiger partial charge in [0, 0.05) is 12.6 Å². The van der Waals surface area contributed by atoms with E-state index in [1.165, 1.54) is 18.9 Å². The average molecular weight is 279 g/mol. The van der Waals surface area contributed by atoms with E-state index in [4.69, 9.17) is 0 Å². The standard InChI is InChI=1S/C14H18FN3S/c1-16-11-3-2-6-18(8-11)9-14-17-12-5-4-10(15)7-13(12)19-14/h4-5,7,11,16H,2-3,6,8-9H2,1H3. The van der Waals surface area contributed by atoms with Crippen molar-refractivity contribution in [2.75, 3.05) is 20.1 Å². The minimum Gasteiger partial charge on any atom is -0.316 e. The van der Waals surface area contributed by atoms with Crippen LogP contribution in [0.3, 0.4) is 0 Å². The molecule has 3 nitrogen and oxygen atoms in total. The van der Waals surface area contributed by atoms with Crippen LogP contribution in [-0.4, -0.2) is 36.1 Å². The number of aromatic nitrogens is 1. The number of piperidine rings is 1. The highest BCUT2D eigenvalue weighted by Gasteiger charge is 2.19. The smallest absolute Gasteiger partial charge is 0.124 e. The molecule has 1 aromatic carbocycles. The third-order valence-corrected chi connectivity index (χ3v) is 4.67. The predicted octanol–water partition coefficient (Wildman–Crippen LogP) is 2.62. The average Bonchev–Trinajstić information content (AvgIpc) is 2.80. The predicted molar refractivity (Wildman–Crippen MR) is 76.9 cm³/mol. The van der Waals surface area contributed by atoms with Gasteiger partial charge >= 0.3 is 0 Å². The highest BCUT2D eigenvalue weighted by molar-refractivity contribution is 7.18. The molecule has 1 fully saturated rings. The third-order valence-electron chi connectivity index (χ3n) is 3.67. The van der Waals surface area contributed by atoms with E-state index in [2.05, 4.69) is 15.2 Å². The Morgan fingerprint density at radius 2 is 2.42 bits per heavy atom. The van der Waals surface area contributed by atoms with Crippen molar-refractivity contribution in [1.82, 2.24) is 15.2 Å². The molecule has 2 heterocycles. The van der Waals surface area contributed by atoms with E-state index < -0.39 is 0 Å². The Kier molecular flexibility index (Phi) is 3.77. The third kappa shape index (κ3) is 2.94. The summed E-state index contributed by atoms with van der Waals surface area (Å²) in [5, 5.41) is 4.43. The molecule has 1 unspecified atom stereocenters. The van der Waals surface area contributed by atoms with Crippen LogP contribution in [0.5, 0.6) is 0 Å². The molecule has 0 amide bonds. The summed E-state index contributed by atoms with van der Waals surface area (Å²) in [5.41, 5.74) is 0.906. The maximum absolute atomic E-state index is 13.2. The monoisotopic (exact) mass is 279 g/mol. The van der Waals surface area contributed by atoms with Crippen molar-refractivity contribution in [3.05, 3.63) is 29.0 Å². The van der Waals surface area contributed by atoms with Crippen LogP contribution < -0.4 is 5.32 Å². The molecule has 19 heavy (non-hydrogen) atoms. The van der Waals surface area contributed by atoms with Gasteiger partial charge in [0.1, 0.15) is 10.8 Å². The second kappa shape index (κ2) is 5.53. The number of likely N-dealkylation sites (tertiary alicyclic amines) is 1. The van der Waals surface area contributed by atoms with Crippen molar-refractivity contribution in [2.45, 2.75) is 25.4 Å². The maximum atomic E-state index is 13.2. The number of hydrogen-bond acceptors (Lipinski definition) is 4. The fourth-order valence-corrected chi connectivity index (χ4v) is 3.67. The van der Waals surface area contributed by atoms with Gasteiger partial charge in [-0.25, -0.2) is 9.37 Å². The van der Waals surface area contributed by atoms with Crippen LogP contribution in [0.1, 0.15) is 17.8 Å². The van der Waals surface area contributed by atoms with Crippen LogP contribution in [0.25, 0.3) is 10.2 Å². The molecule has 1 N–H and O–H groups in total. The van der Waals surface area contributed by atoms with Crippen molar-refractivity contribution >= 4 is 21.6 Å². The molecule has 1 aliphatic rings. The van der Waals surface area contributed by atoms with Gasteiger partial charge in [0.2, 0.25) is 0 Å². The van der Waals surface area contributed by atoms with Gasteiger partial charge in [-0.2, -0.15) is 0 Å². The molecule has 0 spiro atoms. The van der Waals surface area contributed by atoms with Gasteiger partial charge in [0.25, 0.3) is 0 Å². The van der Waals surface area contributed by atoms with Gasteiger partial charge in [-0.15, -0.1) is 11.3 Å². The molecule has 0 bridgehead atoms. The van der Waals surface area contributed by atoms with Crippen molar-refractivity contribution in [2.24, 2.45) is 0 Å². The number of rotatable bonds is 3. The second-order valence-electron chi connectivity index (χ2n) is 5.08. The normalized spacial score (nSPS) is 21.1. The molecule has 2 aromatic rings. The molecule has 5 heteroatoms. The summed E-state index contributed by atoms with van der Waals surface area (Å²) >= 11 is 1.60. The zero-order valence-corrected chi connectivity index (χ0v) is 11.8. The van der Waals surface area contributed by atoms with E-state index in [-0.39, 0.29) is 5.82 Å². The number of hydrogen-bond donors (Lipinski definition) is 1. The number of likely N-dealkylation sites (N-methyl/N-ethyl adjacent to an activating group) is 1. The van der Waals surface area contributed by atoms with Crippen LogP contribution in [0, 0.1) is 5.82 Å². The lowest BCUT2D eigenvalue weighted by Crippen LogP contribution is -2.43. The summed E-state index contributed by atoms with van der Waals surface area (Å²) in [6.07, 6.45) is 2.48. The summed E-state index contributed by atoms with van der Waals surface area (Å²) in [6, 6.07) is 5.39. The summed E-state index contributed by atoms with van der Waals surface area (Å²) < 4.78 is 14.1. The first kappa shape index (κ1) is 13.0. The Bertz CT molecular complexity index is 569. The molecule has 0 radical (unpaired) electrons. The SMILES string of the molecule is CNC1CCCN(Cc2nc3ccc(F)cc3s2)C1. The fourth-order valence-electron chi connectivity index (χ4n) is 2.64. The van der Waals surface area contributed by atoms with Crippen LogP contribution in [-0.2, 0) is 6.54 Å². The molecule has 1 saturated heterocycles. The van der Waals surface area contributed by atoms with Gasteiger partial charge in [-0.05, 0) is 44.6 Å². The van der Waals surface area contributed by atoms with E-state index >= 15 is 0 Å². The zero-order valence-electron chi connectivity index (χ0n) is 11.0. The first-order chi connectivity index (χ1) is 9.24. The highest BCUT2D eigenvalue weighted by atomic mass is 32.1. The molecule has 102 valence electrons. The largest absolute Gasteiger partial charge is 0.316 e. The van der Waals surface area contributed by atoms with Crippen molar-refractivity contribution < 1.29 is 4.39 Å².